The van der Waals surface area contributed by atoms with E-state index in [9.17, 15) is 13.6 Å². The van der Waals surface area contributed by atoms with Gasteiger partial charge in [-0.1, -0.05) is 12.1 Å². The van der Waals surface area contributed by atoms with E-state index in [0.717, 1.165) is 29.7 Å². The highest BCUT2D eigenvalue weighted by Gasteiger charge is 2.31. The molecule has 8 heteroatoms. The zero-order valence-electron chi connectivity index (χ0n) is 15.6. The number of aryl methyl sites for hydroxylation is 1. The van der Waals surface area contributed by atoms with Gasteiger partial charge in [-0.2, -0.15) is 0 Å². The summed E-state index contributed by atoms with van der Waals surface area (Å²) >= 11 is 0. The fraction of sp³-hybridized carbons (Fsp3) is 0.450. The molecule has 0 N–H and O–H groups in total. The van der Waals surface area contributed by atoms with Crippen molar-refractivity contribution in [1.29, 1.82) is 0 Å². The molecule has 1 unspecified atom stereocenters. The van der Waals surface area contributed by atoms with E-state index < -0.39 is 18.5 Å². The van der Waals surface area contributed by atoms with E-state index in [-0.39, 0.29) is 6.04 Å². The first-order chi connectivity index (χ1) is 13.5. The molecule has 1 atom stereocenters. The molecule has 1 aliphatic heterocycles. The molecule has 1 fully saturated rings. The molecule has 2 aromatic heterocycles. The van der Waals surface area contributed by atoms with Crippen LogP contribution in [0.5, 0.6) is 0 Å². The van der Waals surface area contributed by atoms with E-state index in [1.165, 1.54) is 0 Å². The number of fused-ring (bicyclic) bond motifs is 1. The number of hydrogen-bond acceptors (Lipinski definition) is 5. The Labute approximate surface area is 160 Å². The summed E-state index contributed by atoms with van der Waals surface area (Å²) < 4.78 is 33.1. The Morgan fingerprint density at radius 1 is 1.32 bits per heavy atom. The maximum atomic E-state index is 13.2. The molecular formula is C20H22F2N4O2. The van der Waals surface area contributed by atoms with Gasteiger partial charge in [-0.05, 0) is 31.5 Å². The van der Waals surface area contributed by atoms with Gasteiger partial charge in [0.05, 0.1) is 29.7 Å². The molecule has 0 spiro atoms. The maximum Gasteiger partial charge on any atom is 0.261 e. The number of oxazole rings is 1. The second-order valence-corrected chi connectivity index (χ2v) is 7.08. The standard InChI is InChI=1S/C20H22F2N4O2/c1-13-23-11-14(28-13)8-10-25-9-4-7-17(25)19-24-16-6-3-2-5-15(16)20(27)26(19)12-18(21)22/h2-3,5-6,11,17-18H,4,7-10,12H2,1H3. The van der Waals surface area contributed by atoms with Crippen LogP contribution in [0, 0.1) is 6.92 Å². The Morgan fingerprint density at radius 2 is 2.14 bits per heavy atom. The average molecular weight is 388 g/mol. The minimum atomic E-state index is -2.62. The minimum absolute atomic E-state index is 0.167. The summed E-state index contributed by atoms with van der Waals surface area (Å²) in [6.45, 7) is 2.67. The topological polar surface area (TPSA) is 64.2 Å². The summed E-state index contributed by atoms with van der Waals surface area (Å²) in [5.41, 5.74) is 0.143. The molecule has 0 radical (unpaired) electrons. The summed E-state index contributed by atoms with van der Waals surface area (Å²) in [4.78, 5) is 23.8. The summed E-state index contributed by atoms with van der Waals surface area (Å²) in [5, 5.41) is 0.369. The summed E-state index contributed by atoms with van der Waals surface area (Å²) in [7, 11) is 0. The van der Waals surface area contributed by atoms with E-state index in [2.05, 4.69) is 14.9 Å². The van der Waals surface area contributed by atoms with Gasteiger partial charge in [0.1, 0.15) is 11.6 Å². The highest BCUT2D eigenvalue weighted by molar-refractivity contribution is 5.77. The Kier molecular flexibility index (Phi) is 5.21. The minimum Gasteiger partial charge on any atom is -0.446 e. The predicted molar refractivity (Wildman–Crippen MR) is 100 cm³/mol. The van der Waals surface area contributed by atoms with E-state index in [1.807, 2.05) is 0 Å². The van der Waals surface area contributed by atoms with Crippen molar-refractivity contribution in [2.45, 2.75) is 45.2 Å². The van der Waals surface area contributed by atoms with Gasteiger partial charge in [0.15, 0.2) is 5.89 Å². The van der Waals surface area contributed by atoms with Crippen molar-refractivity contribution in [3.8, 4) is 0 Å². The van der Waals surface area contributed by atoms with Crippen molar-refractivity contribution in [2.24, 2.45) is 0 Å². The zero-order valence-corrected chi connectivity index (χ0v) is 15.6. The lowest BCUT2D eigenvalue weighted by Crippen LogP contribution is -2.34. The fourth-order valence-electron chi connectivity index (χ4n) is 3.91. The number of hydrogen-bond donors (Lipinski definition) is 0. The number of rotatable bonds is 6. The molecule has 6 nitrogen and oxygen atoms in total. The van der Waals surface area contributed by atoms with Crippen molar-refractivity contribution in [3.63, 3.8) is 0 Å². The van der Waals surface area contributed by atoms with Crippen LogP contribution in [-0.4, -0.2) is 38.9 Å². The number of para-hydroxylation sites is 1. The molecule has 0 aliphatic carbocycles. The smallest absolute Gasteiger partial charge is 0.261 e. The van der Waals surface area contributed by atoms with Gasteiger partial charge in [-0.3, -0.25) is 14.3 Å². The van der Waals surface area contributed by atoms with Gasteiger partial charge < -0.3 is 4.42 Å². The first-order valence-electron chi connectivity index (χ1n) is 9.46. The lowest BCUT2D eigenvalue weighted by atomic mass is 10.1. The number of benzene rings is 1. The maximum absolute atomic E-state index is 13.2. The summed E-state index contributed by atoms with van der Waals surface area (Å²) in [6, 6.07) is 6.74. The van der Waals surface area contributed by atoms with Crippen molar-refractivity contribution in [2.75, 3.05) is 13.1 Å². The van der Waals surface area contributed by atoms with Crippen LogP contribution in [0.3, 0.4) is 0 Å². The van der Waals surface area contributed by atoms with Crippen LogP contribution in [0.25, 0.3) is 10.9 Å². The Bertz CT molecular complexity index is 1030. The lowest BCUT2D eigenvalue weighted by Gasteiger charge is -2.26. The quantitative estimate of drug-likeness (QED) is 0.648. The third-order valence-corrected chi connectivity index (χ3v) is 5.19. The van der Waals surface area contributed by atoms with Gasteiger partial charge in [0.2, 0.25) is 0 Å². The fourth-order valence-corrected chi connectivity index (χ4v) is 3.91. The molecule has 28 heavy (non-hydrogen) atoms. The van der Waals surface area contributed by atoms with E-state index >= 15 is 0 Å². The highest BCUT2D eigenvalue weighted by atomic mass is 19.3. The number of alkyl halides is 2. The van der Waals surface area contributed by atoms with Crippen molar-refractivity contribution < 1.29 is 13.2 Å². The predicted octanol–water partition coefficient (Wildman–Crippen LogP) is 3.34. The number of halogens is 2. The third kappa shape index (κ3) is 3.69. The molecule has 3 heterocycles. The van der Waals surface area contributed by atoms with Crippen molar-refractivity contribution in [3.05, 3.63) is 58.3 Å². The molecule has 0 saturated carbocycles. The first-order valence-corrected chi connectivity index (χ1v) is 9.46. The van der Waals surface area contributed by atoms with Crippen molar-refractivity contribution in [1.82, 2.24) is 19.4 Å². The first kappa shape index (κ1) is 18.7. The molecule has 1 aliphatic rings. The molecule has 1 aromatic carbocycles. The van der Waals surface area contributed by atoms with E-state index in [4.69, 9.17) is 4.42 Å². The van der Waals surface area contributed by atoms with Crippen LogP contribution in [0.1, 0.15) is 36.4 Å². The van der Waals surface area contributed by atoms with Crippen LogP contribution in [-0.2, 0) is 13.0 Å². The van der Waals surface area contributed by atoms with Gasteiger partial charge in [0, 0.05) is 19.9 Å². The van der Waals surface area contributed by atoms with E-state index in [0.29, 0.717) is 35.6 Å². The molecule has 3 aromatic rings. The molecule has 0 bridgehead atoms. The monoisotopic (exact) mass is 388 g/mol. The summed E-state index contributed by atoms with van der Waals surface area (Å²) in [6.07, 6.45) is 1.47. The normalized spacial score (nSPS) is 17.8. The van der Waals surface area contributed by atoms with Crippen LogP contribution >= 0.6 is 0 Å². The van der Waals surface area contributed by atoms with Gasteiger partial charge in [0.25, 0.3) is 12.0 Å². The van der Waals surface area contributed by atoms with E-state index in [1.54, 1.807) is 37.4 Å². The van der Waals surface area contributed by atoms with Crippen LogP contribution < -0.4 is 5.56 Å². The number of aromatic nitrogens is 3. The Morgan fingerprint density at radius 3 is 2.89 bits per heavy atom. The molecule has 1 saturated heterocycles. The van der Waals surface area contributed by atoms with Crippen LogP contribution in [0.2, 0.25) is 0 Å². The van der Waals surface area contributed by atoms with Gasteiger partial charge in [-0.15, -0.1) is 0 Å². The number of nitrogens with zero attached hydrogens (tertiary/aromatic N) is 4. The molecule has 0 amide bonds. The Balaban J connectivity index is 1.68. The largest absolute Gasteiger partial charge is 0.446 e. The molecule has 4 rings (SSSR count). The average Bonchev–Trinajstić information content (AvgIpc) is 3.30. The Hall–Kier alpha value is -2.61. The highest BCUT2D eigenvalue weighted by Crippen LogP contribution is 2.31. The van der Waals surface area contributed by atoms with Gasteiger partial charge in [-0.25, -0.2) is 18.7 Å². The third-order valence-electron chi connectivity index (χ3n) is 5.19. The lowest BCUT2D eigenvalue weighted by molar-refractivity contribution is 0.120. The number of likely N-dealkylation sites (tertiary alicyclic amines) is 1. The SMILES string of the molecule is Cc1ncc(CCN2CCCC2c2nc3ccccc3c(=O)n2CC(F)F)o1. The molecular weight excluding hydrogens is 366 g/mol. The zero-order chi connectivity index (χ0) is 19.7. The van der Waals surface area contributed by atoms with Crippen LogP contribution in [0.4, 0.5) is 8.78 Å². The van der Waals surface area contributed by atoms with Crippen LogP contribution in [0.15, 0.2) is 39.7 Å². The molecule has 148 valence electrons. The summed E-state index contributed by atoms with van der Waals surface area (Å²) in [5.74, 6) is 1.84. The van der Waals surface area contributed by atoms with Gasteiger partial charge >= 0.3 is 0 Å². The second-order valence-electron chi connectivity index (χ2n) is 7.08. The van der Waals surface area contributed by atoms with Crippen molar-refractivity contribution >= 4 is 10.9 Å². The second kappa shape index (κ2) is 7.79.